The minimum atomic E-state index is 0.639. The number of benzene rings is 1. The summed E-state index contributed by atoms with van der Waals surface area (Å²) in [5.41, 5.74) is 0.964. The summed E-state index contributed by atoms with van der Waals surface area (Å²) in [6.45, 7) is 2.32. The van der Waals surface area contributed by atoms with Crippen LogP contribution in [0.1, 0.15) is 4.88 Å². The average molecular weight is 363 g/mol. The Morgan fingerprint density at radius 2 is 2.19 bits per heavy atom. The number of pyridine rings is 1. The maximum Gasteiger partial charge on any atom is 0.128 e. The number of halogens is 1. The Morgan fingerprint density at radius 3 is 3.05 bits per heavy atom. The van der Waals surface area contributed by atoms with Gasteiger partial charge in [0.05, 0.1) is 5.52 Å². The predicted octanol–water partition coefficient (Wildman–Crippen LogP) is 4.23. The third kappa shape index (κ3) is 3.81. The molecular formula is C16H15BrN2OS. The van der Waals surface area contributed by atoms with Gasteiger partial charge in [-0.15, -0.1) is 11.3 Å². The molecule has 0 atom stereocenters. The van der Waals surface area contributed by atoms with Crippen LogP contribution in [0.25, 0.3) is 10.9 Å². The molecule has 1 N–H and O–H groups in total. The molecule has 0 unspecified atom stereocenters. The lowest BCUT2D eigenvalue weighted by Crippen LogP contribution is -2.20. The Balaban J connectivity index is 1.50. The summed E-state index contributed by atoms with van der Waals surface area (Å²) in [5.74, 6) is 0.890. The Morgan fingerprint density at radius 1 is 1.24 bits per heavy atom. The van der Waals surface area contributed by atoms with Crippen LogP contribution in [-0.4, -0.2) is 18.1 Å². The molecule has 0 bridgehead atoms. The Labute approximate surface area is 136 Å². The molecule has 2 heterocycles. The van der Waals surface area contributed by atoms with Gasteiger partial charge < -0.3 is 10.1 Å². The quantitative estimate of drug-likeness (QED) is 0.666. The van der Waals surface area contributed by atoms with Gasteiger partial charge in [0.2, 0.25) is 0 Å². The third-order valence-electron chi connectivity index (χ3n) is 3.06. The van der Waals surface area contributed by atoms with Crippen LogP contribution in [0.5, 0.6) is 5.75 Å². The lowest BCUT2D eigenvalue weighted by molar-refractivity contribution is 0.317. The lowest BCUT2D eigenvalue weighted by atomic mass is 10.2. The zero-order valence-electron chi connectivity index (χ0n) is 11.4. The molecule has 0 amide bonds. The lowest BCUT2D eigenvalue weighted by Gasteiger charge is -2.09. The fourth-order valence-electron chi connectivity index (χ4n) is 2.09. The number of thiophene rings is 1. The van der Waals surface area contributed by atoms with Gasteiger partial charge in [-0.05, 0) is 46.3 Å². The van der Waals surface area contributed by atoms with Crippen molar-refractivity contribution in [2.75, 3.05) is 13.2 Å². The van der Waals surface area contributed by atoms with Crippen molar-refractivity contribution >= 4 is 38.2 Å². The van der Waals surface area contributed by atoms with Gasteiger partial charge in [-0.3, -0.25) is 4.98 Å². The Kier molecular flexibility index (Phi) is 4.85. The molecule has 0 saturated heterocycles. The highest BCUT2D eigenvalue weighted by Gasteiger charge is 2.02. The van der Waals surface area contributed by atoms with E-state index in [1.165, 1.54) is 4.88 Å². The molecular weight excluding hydrogens is 348 g/mol. The summed E-state index contributed by atoms with van der Waals surface area (Å²) in [6, 6.07) is 12.1. The average Bonchev–Trinajstić information content (AvgIpc) is 2.92. The van der Waals surface area contributed by atoms with E-state index in [9.17, 15) is 0 Å². The maximum absolute atomic E-state index is 5.85. The Hall–Kier alpha value is -1.43. The van der Waals surface area contributed by atoms with Crippen LogP contribution in [0.4, 0.5) is 0 Å². The molecule has 0 aliphatic carbocycles. The fourth-order valence-corrected chi connectivity index (χ4v) is 3.51. The SMILES string of the molecule is Brc1csc(CNCCOc2cccc3ncccc23)c1. The number of rotatable bonds is 6. The molecule has 2 aromatic heterocycles. The van der Waals surface area contributed by atoms with E-state index in [2.05, 4.69) is 37.7 Å². The second-order valence-corrected chi connectivity index (χ2v) is 6.49. The van der Waals surface area contributed by atoms with Crippen molar-refractivity contribution in [2.45, 2.75) is 6.54 Å². The molecule has 0 spiro atoms. The van der Waals surface area contributed by atoms with Gasteiger partial charge in [0, 0.05) is 39.4 Å². The van der Waals surface area contributed by atoms with Crippen molar-refractivity contribution in [3.8, 4) is 5.75 Å². The highest BCUT2D eigenvalue weighted by atomic mass is 79.9. The van der Waals surface area contributed by atoms with Crippen LogP contribution in [0.2, 0.25) is 0 Å². The summed E-state index contributed by atoms with van der Waals surface area (Å²) in [6.07, 6.45) is 1.80. The van der Waals surface area contributed by atoms with Gasteiger partial charge in [-0.25, -0.2) is 0 Å². The van der Waals surface area contributed by atoms with Crippen molar-refractivity contribution in [2.24, 2.45) is 0 Å². The molecule has 5 heteroatoms. The molecule has 21 heavy (non-hydrogen) atoms. The van der Waals surface area contributed by atoms with E-state index in [0.717, 1.165) is 34.2 Å². The zero-order valence-corrected chi connectivity index (χ0v) is 13.8. The second-order valence-electron chi connectivity index (χ2n) is 4.58. The number of fused-ring (bicyclic) bond motifs is 1. The smallest absolute Gasteiger partial charge is 0.128 e. The normalized spacial score (nSPS) is 10.9. The van der Waals surface area contributed by atoms with Gasteiger partial charge in [0.1, 0.15) is 12.4 Å². The number of aromatic nitrogens is 1. The van der Waals surface area contributed by atoms with Crippen LogP contribution < -0.4 is 10.1 Å². The summed E-state index contributed by atoms with van der Waals surface area (Å²) in [5, 5.41) is 6.53. The van der Waals surface area contributed by atoms with E-state index in [4.69, 9.17) is 4.74 Å². The second kappa shape index (κ2) is 7.02. The first-order valence-electron chi connectivity index (χ1n) is 6.73. The first-order valence-corrected chi connectivity index (χ1v) is 8.40. The largest absolute Gasteiger partial charge is 0.492 e. The topological polar surface area (TPSA) is 34.1 Å². The van der Waals surface area contributed by atoms with E-state index in [1.807, 2.05) is 30.3 Å². The fraction of sp³-hybridized carbons (Fsp3) is 0.188. The van der Waals surface area contributed by atoms with Gasteiger partial charge in [0.15, 0.2) is 0 Å². The van der Waals surface area contributed by atoms with Crippen molar-refractivity contribution in [3.63, 3.8) is 0 Å². The van der Waals surface area contributed by atoms with E-state index in [1.54, 1.807) is 17.5 Å². The van der Waals surface area contributed by atoms with Crippen molar-refractivity contribution in [3.05, 3.63) is 57.3 Å². The number of hydrogen-bond acceptors (Lipinski definition) is 4. The molecule has 108 valence electrons. The summed E-state index contributed by atoms with van der Waals surface area (Å²) < 4.78 is 7.00. The first kappa shape index (κ1) is 14.5. The van der Waals surface area contributed by atoms with Gasteiger partial charge in [-0.1, -0.05) is 6.07 Å². The van der Waals surface area contributed by atoms with Gasteiger partial charge in [-0.2, -0.15) is 0 Å². The van der Waals surface area contributed by atoms with E-state index >= 15 is 0 Å². The van der Waals surface area contributed by atoms with Crippen LogP contribution in [0, 0.1) is 0 Å². The van der Waals surface area contributed by atoms with Crippen LogP contribution in [0.3, 0.4) is 0 Å². The summed E-state index contributed by atoms with van der Waals surface area (Å²) in [7, 11) is 0. The monoisotopic (exact) mass is 362 g/mol. The summed E-state index contributed by atoms with van der Waals surface area (Å²) in [4.78, 5) is 5.65. The van der Waals surface area contributed by atoms with E-state index in [-0.39, 0.29) is 0 Å². The molecule has 1 aromatic carbocycles. The van der Waals surface area contributed by atoms with Crippen LogP contribution >= 0.6 is 27.3 Å². The number of nitrogens with zero attached hydrogens (tertiary/aromatic N) is 1. The van der Waals surface area contributed by atoms with Gasteiger partial charge in [0.25, 0.3) is 0 Å². The molecule has 0 saturated carbocycles. The van der Waals surface area contributed by atoms with Gasteiger partial charge >= 0.3 is 0 Å². The molecule has 0 radical (unpaired) electrons. The standard InChI is InChI=1S/C16H15BrN2OS/c17-12-9-13(21-11-12)10-18-7-8-20-16-5-1-4-15-14(16)3-2-6-19-15/h1-6,9,11,18H,7-8,10H2. The number of hydrogen-bond donors (Lipinski definition) is 1. The van der Waals surface area contributed by atoms with E-state index in [0.29, 0.717) is 6.61 Å². The van der Waals surface area contributed by atoms with Crippen molar-refractivity contribution in [1.82, 2.24) is 10.3 Å². The molecule has 3 rings (SSSR count). The van der Waals surface area contributed by atoms with E-state index < -0.39 is 0 Å². The summed E-state index contributed by atoms with van der Waals surface area (Å²) >= 11 is 5.21. The number of nitrogens with one attached hydrogen (secondary N) is 1. The minimum Gasteiger partial charge on any atom is -0.492 e. The van der Waals surface area contributed by atoms with Crippen molar-refractivity contribution in [1.29, 1.82) is 0 Å². The molecule has 0 aliphatic heterocycles. The zero-order chi connectivity index (χ0) is 14.5. The maximum atomic E-state index is 5.85. The first-order chi connectivity index (χ1) is 10.3. The molecule has 0 aliphatic rings. The molecule has 3 nitrogen and oxygen atoms in total. The van der Waals surface area contributed by atoms with Crippen molar-refractivity contribution < 1.29 is 4.74 Å². The highest BCUT2D eigenvalue weighted by Crippen LogP contribution is 2.23. The minimum absolute atomic E-state index is 0.639. The molecule has 0 fully saturated rings. The number of ether oxygens (including phenoxy) is 1. The van der Waals surface area contributed by atoms with Crippen LogP contribution in [-0.2, 0) is 6.54 Å². The molecule has 3 aromatic rings. The predicted molar refractivity (Wildman–Crippen MR) is 91.0 cm³/mol. The Bertz CT molecular complexity index is 724. The highest BCUT2D eigenvalue weighted by molar-refractivity contribution is 9.10. The van der Waals surface area contributed by atoms with Crippen LogP contribution in [0.15, 0.2) is 52.4 Å². The third-order valence-corrected chi connectivity index (χ3v) is 4.76.